The lowest BCUT2D eigenvalue weighted by molar-refractivity contribution is -0.170. The van der Waals surface area contributed by atoms with Crippen LogP contribution in [0.2, 0.25) is 0 Å². The van der Waals surface area contributed by atoms with Gasteiger partial charge in [0.25, 0.3) is 0 Å². The average Bonchev–Trinajstić information content (AvgIpc) is 2.45. The zero-order valence-corrected chi connectivity index (χ0v) is 12.6. The molecule has 0 atom stereocenters. The van der Waals surface area contributed by atoms with Crippen molar-refractivity contribution in [2.45, 2.75) is 57.7 Å². The van der Waals surface area contributed by atoms with Gasteiger partial charge < -0.3 is 10.2 Å². The van der Waals surface area contributed by atoms with Crippen LogP contribution in [0.4, 0.5) is 13.2 Å². The van der Waals surface area contributed by atoms with Crippen molar-refractivity contribution in [3.63, 3.8) is 0 Å². The summed E-state index contributed by atoms with van der Waals surface area (Å²) in [6, 6.07) is -0.264. The third kappa shape index (κ3) is 4.87. The van der Waals surface area contributed by atoms with Crippen LogP contribution < -0.4 is 5.32 Å². The summed E-state index contributed by atoms with van der Waals surface area (Å²) < 4.78 is 38.5. The topological polar surface area (TPSA) is 32.3 Å². The largest absolute Gasteiger partial charge is 0.406 e. The maximum absolute atomic E-state index is 12.8. The standard InChI is InChI=1S/C15H25F3N2O/c1-11-2-4-12(5-3-11)14(21)20(10-15(16,17)18)13-6-8-19-9-7-13/h11-13,19H,2-10H2,1H3. The SMILES string of the molecule is CC1CCC(C(=O)N(CC(F)(F)F)C2CCNCC2)CC1. The average molecular weight is 306 g/mol. The van der Waals surface area contributed by atoms with Gasteiger partial charge >= 0.3 is 6.18 Å². The maximum Gasteiger partial charge on any atom is 0.406 e. The second-order valence-corrected chi connectivity index (χ2v) is 6.52. The van der Waals surface area contributed by atoms with Crippen molar-refractivity contribution in [3.8, 4) is 0 Å². The summed E-state index contributed by atoms with van der Waals surface area (Å²) in [6.45, 7) is 2.42. The number of amides is 1. The minimum atomic E-state index is -4.32. The van der Waals surface area contributed by atoms with Crippen LogP contribution in [-0.4, -0.2) is 42.7 Å². The number of piperidine rings is 1. The third-order valence-electron chi connectivity index (χ3n) is 4.75. The van der Waals surface area contributed by atoms with Crippen LogP contribution in [0.5, 0.6) is 0 Å². The Morgan fingerprint density at radius 2 is 1.67 bits per heavy atom. The van der Waals surface area contributed by atoms with E-state index in [1.165, 1.54) is 0 Å². The normalized spacial score (nSPS) is 28.4. The quantitative estimate of drug-likeness (QED) is 0.869. The number of carbonyl (C=O) groups is 1. The van der Waals surface area contributed by atoms with E-state index in [2.05, 4.69) is 12.2 Å². The molecule has 6 heteroatoms. The van der Waals surface area contributed by atoms with E-state index >= 15 is 0 Å². The van der Waals surface area contributed by atoms with E-state index in [0.717, 1.165) is 30.6 Å². The zero-order chi connectivity index (χ0) is 15.5. The summed E-state index contributed by atoms with van der Waals surface area (Å²) in [5, 5.41) is 3.14. The first-order valence-electron chi connectivity index (χ1n) is 7.95. The molecule has 0 aromatic heterocycles. The molecule has 0 aromatic carbocycles. The Labute approximate surface area is 124 Å². The molecule has 0 spiro atoms. The molecule has 0 unspecified atom stereocenters. The van der Waals surface area contributed by atoms with Gasteiger partial charge in [0.15, 0.2) is 0 Å². The van der Waals surface area contributed by atoms with E-state index in [1.807, 2.05) is 0 Å². The fourth-order valence-electron chi connectivity index (χ4n) is 3.44. The van der Waals surface area contributed by atoms with Crippen molar-refractivity contribution < 1.29 is 18.0 Å². The highest BCUT2D eigenvalue weighted by Crippen LogP contribution is 2.32. The highest BCUT2D eigenvalue weighted by Gasteiger charge is 2.39. The molecule has 2 fully saturated rings. The lowest BCUT2D eigenvalue weighted by Crippen LogP contribution is -2.51. The number of hydrogen-bond donors (Lipinski definition) is 1. The van der Waals surface area contributed by atoms with Crippen molar-refractivity contribution in [2.75, 3.05) is 19.6 Å². The van der Waals surface area contributed by atoms with E-state index in [4.69, 9.17) is 0 Å². The first-order valence-corrected chi connectivity index (χ1v) is 7.95. The summed E-state index contributed by atoms with van der Waals surface area (Å²) in [5.74, 6) is 0.105. The molecule has 122 valence electrons. The molecule has 2 aliphatic rings. The van der Waals surface area contributed by atoms with Gasteiger partial charge in [-0.15, -0.1) is 0 Å². The van der Waals surface area contributed by atoms with Crippen LogP contribution in [-0.2, 0) is 4.79 Å². The summed E-state index contributed by atoms with van der Waals surface area (Å²) in [4.78, 5) is 13.7. The fraction of sp³-hybridized carbons (Fsp3) is 0.933. The lowest BCUT2D eigenvalue weighted by atomic mass is 9.82. The number of nitrogens with zero attached hydrogens (tertiary/aromatic N) is 1. The lowest BCUT2D eigenvalue weighted by Gasteiger charge is -2.38. The van der Waals surface area contributed by atoms with Gasteiger partial charge in [-0.05, 0) is 57.5 Å². The predicted molar refractivity (Wildman–Crippen MR) is 74.8 cm³/mol. The highest BCUT2D eigenvalue weighted by molar-refractivity contribution is 5.79. The van der Waals surface area contributed by atoms with Gasteiger partial charge in [-0.3, -0.25) is 4.79 Å². The number of rotatable bonds is 3. The highest BCUT2D eigenvalue weighted by atomic mass is 19.4. The van der Waals surface area contributed by atoms with Gasteiger partial charge in [-0.25, -0.2) is 0 Å². The zero-order valence-electron chi connectivity index (χ0n) is 12.6. The monoisotopic (exact) mass is 306 g/mol. The minimum absolute atomic E-state index is 0.210. The van der Waals surface area contributed by atoms with E-state index in [1.54, 1.807) is 0 Å². The summed E-state index contributed by atoms with van der Waals surface area (Å²) in [7, 11) is 0. The molecular weight excluding hydrogens is 281 g/mol. The molecule has 1 saturated heterocycles. The molecule has 3 nitrogen and oxygen atoms in total. The van der Waals surface area contributed by atoms with E-state index in [0.29, 0.717) is 31.8 Å². The first-order chi connectivity index (χ1) is 9.87. The van der Waals surface area contributed by atoms with Crippen LogP contribution >= 0.6 is 0 Å². The third-order valence-corrected chi connectivity index (χ3v) is 4.75. The minimum Gasteiger partial charge on any atom is -0.330 e. The molecule has 1 heterocycles. The Kier molecular flexibility index (Phi) is 5.52. The van der Waals surface area contributed by atoms with Gasteiger partial charge in [0.2, 0.25) is 5.91 Å². The predicted octanol–water partition coefficient (Wildman–Crippen LogP) is 2.96. The number of alkyl halides is 3. The van der Waals surface area contributed by atoms with Gasteiger partial charge in [0.05, 0.1) is 0 Å². The number of nitrogens with one attached hydrogen (secondary N) is 1. The molecular formula is C15H25F3N2O. The van der Waals surface area contributed by atoms with Gasteiger partial charge in [-0.1, -0.05) is 6.92 Å². The molecule has 1 N–H and O–H groups in total. The second-order valence-electron chi connectivity index (χ2n) is 6.52. The number of carbonyl (C=O) groups excluding carboxylic acids is 1. The van der Waals surface area contributed by atoms with Crippen molar-refractivity contribution in [1.29, 1.82) is 0 Å². The Balaban J connectivity index is 2.04. The van der Waals surface area contributed by atoms with Gasteiger partial charge in [0, 0.05) is 12.0 Å². The number of hydrogen-bond acceptors (Lipinski definition) is 2. The van der Waals surface area contributed by atoms with Crippen molar-refractivity contribution in [2.24, 2.45) is 11.8 Å². The molecule has 0 aromatic rings. The van der Waals surface area contributed by atoms with Crippen molar-refractivity contribution in [1.82, 2.24) is 10.2 Å². The summed E-state index contributed by atoms with van der Waals surface area (Å²) >= 11 is 0. The second kappa shape index (κ2) is 6.99. The van der Waals surface area contributed by atoms with Crippen LogP contribution in [0, 0.1) is 11.8 Å². The maximum atomic E-state index is 12.8. The Hall–Kier alpha value is -0.780. The van der Waals surface area contributed by atoms with Crippen LogP contribution in [0.3, 0.4) is 0 Å². The fourth-order valence-corrected chi connectivity index (χ4v) is 3.44. The molecule has 1 amide bonds. The van der Waals surface area contributed by atoms with Crippen molar-refractivity contribution >= 4 is 5.91 Å². The summed E-state index contributed by atoms with van der Waals surface area (Å²) in [6.07, 6.45) is 0.280. The summed E-state index contributed by atoms with van der Waals surface area (Å²) in [5.41, 5.74) is 0. The smallest absolute Gasteiger partial charge is 0.330 e. The van der Waals surface area contributed by atoms with Crippen molar-refractivity contribution in [3.05, 3.63) is 0 Å². The molecule has 1 aliphatic heterocycles. The van der Waals surface area contributed by atoms with E-state index in [-0.39, 0.29) is 17.9 Å². The van der Waals surface area contributed by atoms with E-state index in [9.17, 15) is 18.0 Å². The van der Waals surface area contributed by atoms with E-state index < -0.39 is 12.7 Å². The molecule has 1 aliphatic carbocycles. The molecule has 2 rings (SSSR count). The Morgan fingerprint density at radius 1 is 1.10 bits per heavy atom. The first kappa shape index (κ1) is 16.6. The molecule has 0 radical (unpaired) electrons. The van der Waals surface area contributed by atoms with Gasteiger partial charge in [-0.2, -0.15) is 13.2 Å². The van der Waals surface area contributed by atoms with Gasteiger partial charge in [0.1, 0.15) is 6.54 Å². The number of halogens is 3. The Morgan fingerprint density at radius 3 is 2.19 bits per heavy atom. The van der Waals surface area contributed by atoms with Crippen LogP contribution in [0.15, 0.2) is 0 Å². The molecule has 1 saturated carbocycles. The molecule has 21 heavy (non-hydrogen) atoms. The van der Waals surface area contributed by atoms with Crippen LogP contribution in [0.1, 0.15) is 45.4 Å². The molecule has 0 bridgehead atoms. The Bertz CT molecular complexity index is 345. The van der Waals surface area contributed by atoms with Crippen LogP contribution in [0.25, 0.3) is 0 Å².